The first-order valence-electron chi connectivity index (χ1n) is 6.81. The third kappa shape index (κ3) is 3.98. The Kier molecular flexibility index (Phi) is 5.43. The first-order valence-corrected chi connectivity index (χ1v) is 7.63. The molecule has 0 atom stereocenters. The Balaban J connectivity index is 2.04. The van der Waals surface area contributed by atoms with Crippen molar-refractivity contribution in [3.8, 4) is 10.6 Å². The van der Waals surface area contributed by atoms with Gasteiger partial charge in [0.25, 0.3) is 0 Å². The number of nitrogens with zero attached hydrogens (tertiary/aromatic N) is 3. The van der Waals surface area contributed by atoms with E-state index in [0.717, 1.165) is 22.2 Å². The van der Waals surface area contributed by atoms with Gasteiger partial charge in [0.05, 0.1) is 22.2 Å². The predicted molar refractivity (Wildman–Crippen MR) is 82.2 cm³/mol. The minimum absolute atomic E-state index is 0.444. The molecule has 1 N–H and O–H groups in total. The molecule has 0 aliphatic carbocycles. The van der Waals surface area contributed by atoms with E-state index in [4.69, 9.17) is 4.74 Å². The number of hydrogen-bond donors (Lipinski definition) is 1. The molecule has 0 saturated carbocycles. The van der Waals surface area contributed by atoms with Gasteiger partial charge in [-0.1, -0.05) is 13.8 Å². The largest absolute Gasteiger partial charge is 0.380 e. The molecule has 0 aromatic carbocycles. The van der Waals surface area contributed by atoms with Crippen LogP contribution in [0.4, 0.5) is 5.95 Å². The summed E-state index contributed by atoms with van der Waals surface area (Å²) >= 11 is 1.68. The fourth-order valence-electron chi connectivity index (χ4n) is 1.63. The van der Waals surface area contributed by atoms with E-state index in [9.17, 15) is 0 Å². The molecule has 0 aliphatic heterocycles. The van der Waals surface area contributed by atoms with Crippen molar-refractivity contribution in [1.29, 1.82) is 0 Å². The Morgan fingerprint density at radius 2 is 2.20 bits per heavy atom. The molecule has 20 heavy (non-hydrogen) atoms. The molecular formula is C14H20N4OS. The molecular weight excluding hydrogens is 272 g/mol. The molecule has 2 aromatic rings. The molecule has 0 spiro atoms. The van der Waals surface area contributed by atoms with Crippen molar-refractivity contribution < 1.29 is 4.74 Å². The van der Waals surface area contributed by atoms with Crippen LogP contribution >= 0.6 is 11.3 Å². The minimum Gasteiger partial charge on any atom is -0.380 e. The number of anilines is 1. The summed E-state index contributed by atoms with van der Waals surface area (Å²) in [6.45, 7) is 8.35. The number of thiazole rings is 1. The van der Waals surface area contributed by atoms with Gasteiger partial charge < -0.3 is 10.1 Å². The quantitative estimate of drug-likeness (QED) is 0.794. The highest BCUT2D eigenvalue weighted by molar-refractivity contribution is 7.15. The number of ether oxygens (including phenoxy) is 1. The van der Waals surface area contributed by atoms with Gasteiger partial charge in [-0.05, 0) is 13.0 Å². The van der Waals surface area contributed by atoms with Crippen LogP contribution in [-0.2, 0) is 4.74 Å². The molecule has 0 unspecified atom stereocenters. The molecule has 5 nitrogen and oxygen atoms in total. The summed E-state index contributed by atoms with van der Waals surface area (Å²) in [7, 11) is 0. The Labute approximate surface area is 123 Å². The van der Waals surface area contributed by atoms with Crippen LogP contribution in [0.1, 0.15) is 31.7 Å². The van der Waals surface area contributed by atoms with Crippen molar-refractivity contribution >= 4 is 17.3 Å². The molecule has 0 amide bonds. The zero-order chi connectivity index (χ0) is 14.4. The molecule has 108 valence electrons. The Hall–Kier alpha value is -1.53. The maximum atomic E-state index is 5.27. The van der Waals surface area contributed by atoms with Gasteiger partial charge in [0.15, 0.2) is 0 Å². The lowest BCUT2D eigenvalue weighted by molar-refractivity contribution is 0.158. The Morgan fingerprint density at radius 3 is 2.90 bits per heavy atom. The van der Waals surface area contributed by atoms with E-state index in [1.165, 1.54) is 0 Å². The van der Waals surface area contributed by atoms with E-state index in [-0.39, 0.29) is 0 Å². The van der Waals surface area contributed by atoms with Crippen molar-refractivity contribution in [3.63, 3.8) is 0 Å². The van der Waals surface area contributed by atoms with Crippen LogP contribution in [0, 0.1) is 0 Å². The summed E-state index contributed by atoms with van der Waals surface area (Å²) in [5.41, 5.74) is 0.906. The van der Waals surface area contributed by atoms with Gasteiger partial charge in [0.2, 0.25) is 5.95 Å². The van der Waals surface area contributed by atoms with Gasteiger partial charge in [-0.3, -0.25) is 0 Å². The molecule has 0 bridgehead atoms. The van der Waals surface area contributed by atoms with Crippen LogP contribution in [0.5, 0.6) is 0 Å². The van der Waals surface area contributed by atoms with E-state index < -0.39 is 0 Å². The summed E-state index contributed by atoms with van der Waals surface area (Å²) in [5.74, 6) is 1.07. The maximum Gasteiger partial charge on any atom is 0.223 e. The smallest absolute Gasteiger partial charge is 0.223 e. The van der Waals surface area contributed by atoms with Crippen molar-refractivity contribution in [2.45, 2.75) is 26.7 Å². The highest BCUT2D eigenvalue weighted by atomic mass is 32.1. The monoisotopic (exact) mass is 292 g/mol. The Bertz CT molecular complexity index is 541. The first-order chi connectivity index (χ1) is 9.70. The Morgan fingerprint density at radius 1 is 1.35 bits per heavy atom. The van der Waals surface area contributed by atoms with Gasteiger partial charge in [-0.15, -0.1) is 11.3 Å². The van der Waals surface area contributed by atoms with Crippen LogP contribution in [-0.4, -0.2) is 34.7 Å². The van der Waals surface area contributed by atoms with Crippen LogP contribution in [0.3, 0.4) is 0 Å². The number of nitrogens with one attached hydrogen (secondary N) is 1. The van der Waals surface area contributed by atoms with Gasteiger partial charge in [-0.2, -0.15) is 0 Å². The summed E-state index contributed by atoms with van der Waals surface area (Å²) in [4.78, 5) is 14.2. The zero-order valence-electron chi connectivity index (χ0n) is 12.1. The highest BCUT2D eigenvalue weighted by Crippen LogP contribution is 2.28. The number of aromatic nitrogens is 3. The third-order valence-electron chi connectivity index (χ3n) is 2.66. The zero-order valence-corrected chi connectivity index (χ0v) is 12.9. The predicted octanol–water partition coefficient (Wildman–Crippen LogP) is 3.17. The molecule has 0 aliphatic rings. The van der Waals surface area contributed by atoms with Crippen molar-refractivity contribution in [2.75, 3.05) is 25.1 Å². The van der Waals surface area contributed by atoms with Crippen LogP contribution in [0.25, 0.3) is 10.6 Å². The lowest BCUT2D eigenvalue weighted by Gasteiger charge is -2.05. The summed E-state index contributed by atoms with van der Waals surface area (Å²) < 4.78 is 5.27. The molecule has 6 heteroatoms. The van der Waals surface area contributed by atoms with Gasteiger partial charge >= 0.3 is 0 Å². The molecule has 0 fully saturated rings. The van der Waals surface area contributed by atoms with Crippen molar-refractivity contribution in [2.24, 2.45) is 0 Å². The van der Waals surface area contributed by atoms with Gasteiger partial charge in [-0.25, -0.2) is 15.0 Å². The third-order valence-corrected chi connectivity index (χ3v) is 3.98. The van der Waals surface area contributed by atoms with Crippen LogP contribution in [0.2, 0.25) is 0 Å². The summed E-state index contributed by atoms with van der Waals surface area (Å²) in [5, 5.41) is 4.29. The van der Waals surface area contributed by atoms with E-state index >= 15 is 0 Å². The standard InChI is InChI=1S/C14H20N4OS/c1-4-19-8-7-16-14-15-6-5-11(18-14)12-9-17-13(20-12)10(2)3/h5-6,9-10H,4,7-8H2,1-3H3,(H,15,16,18). The average molecular weight is 292 g/mol. The fraction of sp³-hybridized carbons (Fsp3) is 0.500. The highest BCUT2D eigenvalue weighted by Gasteiger charge is 2.09. The molecule has 2 aromatic heterocycles. The maximum absolute atomic E-state index is 5.27. The minimum atomic E-state index is 0.444. The van der Waals surface area contributed by atoms with E-state index in [1.807, 2.05) is 19.2 Å². The van der Waals surface area contributed by atoms with E-state index in [1.54, 1.807) is 17.5 Å². The second kappa shape index (κ2) is 7.31. The van der Waals surface area contributed by atoms with Gasteiger partial charge in [0.1, 0.15) is 0 Å². The number of rotatable bonds is 7. The molecule has 2 rings (SSSR count). The first kappa shape index (κ1) is 14.9. The van der Waals surface area contributed by atoms with Crippen molar-refractivity contribution in [1.82, 2.24) is 15.0 Å². The van der Waals surface area contributed by atoms with Crippen molar-refractivity contribution in [3.05, 3.63) is 23.5 Å². The molecule has 0 saturated heterocycles. The summed E-state index contributed by atoms with van der Waals surface area (Å²) in [6.07, 6.45) is 3.65. The van der Waals surface area contributed by atoms with Crippen LogP contribution < -0.4 is 5.32 Å². The second-order valence-electron chi connectivity index (χ2n) is 4.61. The fourth-order valence-corrected chi connectivity index (χ4v) is 2.52. The SMILES string of the molecule is CCOCCNc1nccc(-c2cnc(C(C)C)s2)n1. The lowest BCUT2D eigenvalue weighted by Crippen LogP contribution is -2.11. The lowest BCUT2D eigenvalue weighted by atomic mass is 10.2. The summed E-state index contributed by atoms with van der Waals surface area (Å²) in [6, 6.07) is 1.91. The van der Waals surface area contributed by atoms with E-state index in [2.05, 4.69) is 34.1 Å². The topological polar surface area (TPSA) is 59.9 Å². The average Bonchev–Trinajstić information content (AvgIpc) is 2.94. The van der Waals surface area contributed by atoms with Gasteiger partial charge in [0, 0.05) is 31.5 Å². The van der Waals surface area contributed by atoms with Crippen LogP contribution in [0.15, 0.2) is 18.5 Å². The second-order valence-corrected chi connectivity index (χ2v) is 5.67. The number of hydrogen-bond acceptors (Lipinski definition) is 6. The normalized spacial score (nSPS) is 11.0. The molecule has 2 heterocycles. The van der Waals surface area contributed by atoms with E-state index in [0.29, 0.717) is 25.0 Å². The molecule has 0 radical (unpaired) electrons.